The molecule has 0 bridgehead atoms. The lowest BCUT2D eigenvalue weighted by Gasteiger charge is -1.96. The van der Waals surface area contributed by atoms with E-state index in [-0.39, 0.29) is 0 Å². The van der Waals surface area contributed by atoms with Crippen molar-refractivity contribution in [3.8, 4) is 0 Å². The summed E-state index contributed by atoms with van der Waals surface area (Å²) >= 11 is 5.41. The van der Waals surface area contributed by atoms with Crippen LogP contribution < -0.4 is 0 Å². The van der Waals surface area contributed by atoms with E-state index in [2.05, 4.69) is 10.2 Å². The minimum Gasteiger partial charge on any atom is -0.282 e. The van der Waals surface area contributed by atoms with Crippen LogP contribution in [0, 0.1) is 0 Å². The highest BCUT2D eigenvalue weighted by atomic mass is 35.5. The number of aromatic amines is 1. The largest absolute Gasteiger partial charge is 0.282 e. The fourth-order valence-electron chi connectivity index (χ4n) is 1.82. The van der Waals surface area contributed by atoms with Gasteiger partial charge in [-0.25, -0.2) is 0 Å². The van der Waals surface area contributed by atoms with Crippen molar-refractivity contribution in [1.82, 2.24) is 10.2 Å². The molecule has 13 heavy (non-hydrogen) atoms. The zero-order chi connectivity index (χ0) is 9.26. The van der Waals surface area contributed by atoms with Crippen LogP contribution in [0.25, 0.3) is 0 Å². The van der Waals surface area contributed by atoms with Crippen molar-refractivity contribution in [2.45, 2.75) is 32.1 Å². The number of carbonyl (C=O) groups excluding carboxylic acids is 1. The molecule has 0 saturated carbocycles. The van der Waals surface area contributed by atoms with E-state index < -0.39 is 5.24 Å². The third-order valence-corrected chi connectivity index (χ3v) is 2.67. The number of H-pyrrole nitrogens is 1. The molecular formula is C9H11ClN2O. The molecule has 0 spiro atoms. The van der Waals surface area contributed by atoms with E-state index in [0.29, 0.717) is 5.69 Å². The van der Waals surface area contributed by atoms with E-state index >= 15 is 0 Å². The molecule has 1 aliphatic carbocycles. The van der Waals surface area contributed by atoms with Crippen molar-refractivity contribution in [1.29, 1.82) is 0 Å². The number of aromatic nitrogens is 2. The van der Waals surface area contributed by atoms with Gasteiger partial charge in [0.1, 0.15) is 5.69 Å². The van der Waals surface area contributed by atoms with Crippen molar-refractivity contribution in [2.75, 3.05) is 0 Å². The minimum atomic E-state index is -0.445. The number of nitrogens with zero attached hydrogens (tertiary/aromatic N) is 1. The van der Waals surface area contributed by atoms with Gasteiger partial charge >= 0.3 is 0 Å². The fraction of sp³-hybridized carbons (Fsp3) is 0.556. The van der Waals surface area contributed by atoms with Gasteiger partial charge in [0.25, 0.3) is 5.24 Å². The molecule has 0 unspecified atom stereocenters. The van der Waals surface area contributed by atoms with Crippen molar-refractivity contribution in [3.05, 3.63) is 17.0 Å². The predicted molar refractivity (Wildman–Crippen MR) is 50.0 cm³/mol. The van der Waals surface area contributed by atoms with Crippen LogP contribution in [-0.2, 0) is 12.8 Å². The van der Waals surface area contributed by atoms with Gasteiger partial charge in [0.15, 0.2) is 0 Å². The smallest absolute Gasteiger partial charge is 0.272 e. The van der Waals surface area contributed by atoms with Gasteiger partial charge in [-0.05, 0) is 37.3 Å². The molecule has 1 aromatic heterocycles. The van der Waals surface area contributed by atoms with Crippen LogP contribution in [0.15, 0.2) is 0 Å². The molecule has 1 heterocycles. The normalized spacial score (nSPS) is 16.4. The van der Waals surface area contributed by atoms with Gasteiger partial charge in [0.2, 0.25) is 0 Å². The van der Waals surface area contributed by atoms with Gasteiger partial charge in [-0.2, -0.15) is 5.10 Å². The van der Waals surface area contributed by atoms with Crippen LogP contribution in [0.2, 0.25) is 0 Å². The monoisotopic (exact) mass is 198 g/mol. The maximum absolute atomic E-state index is 11.0. The summed E-state index contributed by atoms with van der Waals surface area (Å²) in [6.07, 6.45) is 5.44. The number of hydrogen-bond acceptors (Lipinski definition) is 2. The highest BCUT2D eigenvalue weighted by molar-refractivity contribution is 6.67. The fourth-order valence-corrected chi connectivity index (χ4v) is 1.98. The third kappa shape index (κ3) is 1.61. The third-order valence-electron chi connectivity index (χ3n) is 2.49. The molecule has 1 aliphatic rings. The van der Waals surface area contributed by atoms with Crippen molar-refractivity contribution in [2.24, 2.45) is 0 Å². The molecule has 2 rings (SSSR count). The Hall–Kier alpha value is -0.830. The van der Waals surface area contributed by atoms with E-state index in [9.17, 15) is 4.79 Å². The molecule has 0 fully saturated rings. The predicted octanol–water partition coefficient (Wildman–Crippen LogP) is 2.06. The highest BCUT2D eigenvalue weighted by Crippen LogP contribution is 2.22. The van der Waals surface area contributed by atoms with Gasteiger partial charge in [-0.3, -0.25) is 9.89 Å². The quantitative estimate of drug-likeness (QED) is 0.555. The highest BCUT2D eigenvalue weighted by Gasteiger charge is 2.18. The maximum Gasteiger partial charge on any atom is 0.272 e. The van der Waals surface area contributed by atoms with Gasteiger partial charge < -0.3 is 0 Å². The van der Waals surface area contributed by atoms with Crippen LogP contribution in [0.3, 0.4) is 0 Å². The van der Waals surface area contributed by atoms with Crippen LogP contribution in [0.4, 0.5) is 0 Å². The Balaban J connectivity index is 2.39. The van der Waals surface area contributed by atoms with Crippen LogP contribution >= 0.6 is 11.6 Å². The maximum atomic E-state index is 11.0. The summed E-state index contributed by atoms with van der Waals surface area (Å²) in [5.74, 6) is 0. The lowest BCUT2D eigenvalue weighted by atomic mass is 10.1. The number of hydrogen-bond donors (Lipinski definition) is 1. The molecule has 1 aromatic rings. The van der Waals surface area contributed by atoms with Crippen molar-refractivity contribution in [3.63, 3.8) is 0 Å². The first-order chi connectivity index (χ1) is 6.29. The Labute approximate surface area is 81.5 Å². The molecule has 0 aliphatic heterocycles. The molecule has 70 valence electrons. The average Bonchev–Trinajstić information content (AvgIpc) is 2.36. The first-order valence-corrected chi connectivity index (χ1v) is 4.93. The van der Waals surface area contributed by atoms with E-state index in [4.69, 9.17) is 11.6 Å². The van der Waals surface area contributed by atoms with Gasteiger partial charge in [0, 0.05) is 11.3 Å². The molecule has 0 aromatic carbocycles. The SMILES string of the molecule is O=C(Cl)c1n[nH]c2c1CCCCC2. The summed E-state index contributed by atoms with van der Waals surface area (Å²) in [5.41, 5.74) is 2.57. The number of carbonyl (C=O) groups is 1. The standard InChI is InChI=1S/C9H11ClN2O/c10-9(13)8-6-4-2-1-3-5-7(6)11-12-8/h1-5H2,(H,11,12). The second kappa shape index (κ2) is 3.50. The zero-order valence-corrected chi connectivity index (χ0v) is 8.02. The molecule has 1 N–H and O–H groups in total. The van der Waals surface area contributed by atoms with Gasteiger partial charge in [-0.1, -0.05) is 6.42 Å². The summed E-state index contributed by atoms with van der Waals surface area (Å²) in [6, 6.07) is 0. The van der Waals surface area contributed by atoms with Crippen molar-refractivity contribution >= 4 is 16.8 Å². The van der Waals surface area contributed by atoms with E-state index in [1.165, 1.54) is 12.8 Å². The number of nitrogens with one attached hydrogen (secondary N) is 1. The van der Waals surface area contributed by atoms with Gasteiger partial charge in [-0.15, -0.1) is 0 Å². The Morgan fingerprint density at radius 2 is 2.08 bits per heavy atom. The second-order valence-electron chi connectivity index (χ2n) is 3.36. The number of fused-ring (bicyclic) bond motifs is 1. The minimum absolute atomic E-state index is 0.429. The first-order valence-electron chi connectivity index (χ1n) is 4.55. The molecule has 0 atom stereocenters. The topological polar surface area (TPSA) is 45.8 Å². The lowest BCUT2D eigenvalue weighted by molar-refractivity contribution is 0.107. The van der Waals surface area contributed by atoms with E-state index in [1.807, 2.05) is 0 Å². The lowest BCUT2D eigenvalue weighted by Crippen LogP contribution is -1.96. The summed E-state index contributed by atoms with van der Waals surface area (Å²) in [6.45, 7) is 0. The summed E-state index contributed by atoms with van der Waals surface area (Å²) < 4.78 is 0. The number of aryl methyl sites for hydroxylation is 1. The molecule has 4 heteroatoms. The van der Waals surface area contributed by atoms with Gasteiger partial charge in [0.05, 0.1) is 0 Å². The molecule has 0 saturated heterocycles. The molecule has 0 radical (unpaired) electrons. The Morgan fingerprint density at radius 3 is 2.85 bits per heavy atom. The molecular weight excluding hydrogens is 188 g/mol. The number of halogens is 1. The Morgan fingerprint density at radius 1 is 1.31 bits per heavy atom. The van der Waals surface area contributed by atoms with Crippen LogP contribution in [0.5, 0.6) is 0 Å². The summed E-state index contributed by atoms with van der Waals surface area (Å²) in [7, 11) is 0. The van der Waals surface area contributed by atoms with E-state index in [0.717, 1.165) is 30.5 Å². The average molecular weight is 199 g/mol. The Bertz CT molecular complexity index is 332. The first kappa shape index (κ1) is 8.75. The molecule has 0 amide bonds. The number of rotatable bonds is 1. The Kier molecular flexibility index (Phi) is 2.36. The second-order valence-corrected chi connectivity index (χ2v) is 3.71. The summed E-state index contributed by atoms with van der Waals surface area (Å²) in [5, 5.41) is 6.38. The van der Waals surface area contributed by atoms with Crippen LogP contribution in [0.1, 0.15) is 41.0 Å². The van der Waals surface area contributed by atoms with E-state index in [1.54, 1.807) is 0 Å². The zero-order valence-electron chi connectivity index (χ0n) is 7.27. The summed E-state index contributed by atoms with van der Waals surface area (Å²) in [4.78, 5) is 11.0. The van der Waals surface area contributed by atoms with Crippen molar-refractivity contribution < 1.29 is 4.79 Å². The van der Waals surface area contributed by atoms with Crippen LogP contribution in [-0.4, -0.2) is 15.4 Å². The molecule has 3 nitrogen and oxygen atoms in total.